The van der Waals surface area contributed by atoms with Crippen molar-refractivity contribution in [1.29, 1.82) is 0 Å². The van der Waals surface area contributed by atoms with Crippen LogP contribution < -0.4 is 5.32 Å². The Morgan fingerprint density at radius 3 is 2.55 bits per heavy atom. The van der Waals surface area contributed by atoms with E-state index in [2.05, 4.69) is 19.2 Å². The molecule has 1 saturated carbocycles. The maximum absolute atomic E-state index is 8.91. The fraction of sp³-hybridized carbons (Fsp3) is 1.00. The molecule has 11 heavy (non-hydrogen) atoms. The second-order valence-electron chi connectivity index (χ2n) is 3.58. The fourth-order valence-corrected chi connectivity index (χ4v) is 1.40. The van der Waals surface area contributed by atoms with Gasteiger partial charge in [0, 0.05) is 12.1 Å². The zero-order chi connectivity index (χ0) is 8.27. The number of hydrogen-bond donors (Lipinski definition) is 2. The normalized spacial score (nSPS) is 23.2. The molecule has 2 atom stereocenters. The van der Waals surface area contributed by atoms with Crippen LogP contribution in [0.25, 0.3) is 0 Å². The molecule has 1 fully saturated rings. The largest absolute Gasteiger partial charge is 0.395 e. The molecule has 0 aromatic heterocycles. The molecule has 0 bridgehead atoms. The molecular weight excluding hydrogens is 138 g/mol. The molecule has 1 unspecified atom stereocenters. The van der Waals surface area contributed by atoms with Crippen molar-refractivity contribution in [2.75, 3.05) is 6.61 Å². The Kier molecular flexibility index (Phi) is 3.34. The van der Waals surface area contributed by atoms with Crippen LogP contribution in [-0.4, -0.2) is 23.8 Å². The lowest BCUT2D eigenvalue weighted by molar-refractivity contribution is 0.226. The van der Waals surface area contributed by atoms with Crippen molar-refractivity contribution in [2.24, 2.45) is 5.92 Å². The van der Waals surface area contributed by atoms with Crippen LogP contribution in [0.3, 0.4) is 0 Å². The molecule has 0 heterocycles. The molecule has 0 aliphatic heterocycles. The van der Waals surface area contributed by atoms with Crippen LogP contribution >= 0.6 is 0 Å². The van der Waals surface area contributed by atoms with Gasteiger partial charge in [-0.1, -0.05) is 6.92 Å². The predicted octanol–water partition coefficient (Wildman–Crippen LogP) is 1.15. The van der Waals surface area contributed by atoms with E-state index >= 15 is 0 Å². The molecule has 2 N–H and O–H groups in total. The van der Waals surface area contributed by atoms with E-state index in [-0.39, 0.29) is 6.61 Å². The Labute approximate surface area is 69.0 Å². The molecule has 1 rings (SSSR count). The number of rotatable bonds is 5. The lowest BCUT2D eigenvalue weighted by Gasteiger charge is -2.19. The van der Waals surface area contributed by atoms with Gasteiger partial charge in [0.1, 0.15) is 0 Å². The van der Waals surface area contributed by atoms with Crippen molar-refractivity contribution in [3.05, 3.63) is 0 Å². The molecule has 0 aromatic carbocycles. The number of aliphatic hydroxyl groups is 1. The van der Waals surface area contributed by atoms with Crippen molar-refractivity contribution in [3.8, 4) is 0 Å². The summed E-state index contributed by atoms with van der Waals surface area (Å²) in [6.45, 7) is 4.59. The quantitative estimate of drug-likeness (QED) is 0.627. The van der Waals surface area contributed by atoms with Crippen molar-refractivity contribution in [1.82, 2.24) is 5.32 Å². The topological polar surface area (TPSA) is 32.3 Å². The van der Waals surface area contributed by atoms with E-state index < -0.39 is 0 Å². The van der Waals surface area contributed by atoms with E-state index in [1.165, 1.54) is 12.8 Å². The fourth-order valence-electron chi connectivity index (χ4n) is 1.40. The minimum absolute atomic E-state index is 0.271. The maximum atomic E-state index is 8.91. The smallest absolute Gasteiger partial charge is 0.0584 e. The van der Waals surface area contributed by atoms with Crippen molar-refractivity contribution < 1.29 is 5.11 Å². The van der Waals surface area contributed by atoms with Crippen LogP contribution in [0.1, 0.15) is 33.1 Å². The van der Waals surface area contributed by atoms with Crippen LogP contribution in [0.2, 0.25) is 0 Å². The Balaban J connectivity index is 2.15. The molecule has 66 valence electrons. The van der Waals surface area contributed by atoms with Gasteiger partial charge in [-0.05, 0) is 32.1 Å². The SMILES string of the molecule is CC[C@@H](CO)NC(C)C1CC1. The van der Waals surface area contributed by atoms with Gasteiger partial charge in [-0.15, -0.1) is 0 Å². The highest BCUT2D eigenvalue weighted by Gasteiger charge is 2.28. The van der Waals surface area contributed by atoms with E-state index in [0.29, 0.717) is 12.1 Å². The third-order valence-electron chi connectivity index (χ3n) is 2.54. The highest BCUT2D eigenvalue weighted by Crippen LogP contribution is 2.32. The third kappa shape index (κ3) is 2.80. The van der Waals surface area contributed by atoms with Gasteiger partial charge >= 0.3 is 0 Å². The molecular formula is C9H19NO. The summed E-state index contributed by atoms with van der Waals surface area (Å²) >= 11 is 0. The minimum Gasteiger partial charge on any atom is -0.395 e. The van der Waals surface area contributed by atoms with Crippen LogP contribution in [0, 0.1) is 5.92 Å². The summed E-state index contributed by atoms with van der Waals surface area (Å²) in [5, 5.41) is 12.3. The summed E-state index contributed by atoms with van der Waals surface area (Å²) < 4.78 is 0. The van der Waals surface area contributed by atoms with Crippen LogP contribution in [0.15, 0.2) is 0 Å². The first kappa shape index (κ1) is 9.01. The van der Waals surface area contributed by atoms with Gasteiger partial charge in [0.05, 0.1) is 6.61 Å². The van der Waals surface area contributed by atoms with Crippen molar-refractivity contribution in [2.45, 2.75) is 45.2 Å². The molecule has 0 aromatic rings. The molecule has 0 saturated heterocycles. The Morgan fingerprint density at radius 2 is 2.18 bits per heavy atom. The van der Waals surface area contributed by atoms with Gasteiger partial charge in [0.2, 0.25) is 0 Å². The summed E-state index contributed by atoms with van der Waals surface area (Å²) in [4.78, 5) is 0. The summed E-state index contributed by atoms with van der Waals surface area (Å²) in [6, 6.07) is 0.915. The van der Waals surface area contributed by atoms with E-state index in [9.17, 15) is 0 Å². The first-order valence-corrected chi connectivity index (χ1v) is 4.64. The van der Waals surface area contributed by atoms with Crippen LogP contribution in [0.4, 0.5) is 0 Å². The van der Waals surface area contributed by atoms with Gasteiger partial charge < -0.3 is 10.4 Å². The zero-order valence-corrected chi connectivity index (χ0v) is 7.51. The van der Waals surface area contributed by atoms with Gasteiger partial charge in [-0.3, -0.25) is 0 Å². The predicted molar refractivity (Wildman–Crippen MR) is 46.5 cm³/mol. The average molecular weight is 157 g/mol. The van der Waals surface area contributed by atoms with Gasteiger partial charge in [-0.25, -0.2) is 0 Å². The molecule has 0 amide bonds. The molecule has 0 radical (unpaired) electrons. The second-order valence-corrected chi connectivity index (χ2v) is 3.58. The van der Waals surface area contributed by atoms with E-state index in [4.69, 9.17) is 5.11 Å². The second kappa shape index (κ2) is 4.07. The third-order valence-corrected chi connectivity index (χ3v) is 2.54. The molecule has 2 heteroatoms. The zero-order valence-electron chi connectivity index (χ0n) is 7.51. The summed E-state index contributed by atoms with van der Waals surface area (Å²) in [6.07, 6.45) is 3.76. The monoisotopic (exact) mass is 157 g/mol. The van der Waals surface area contributed by atoms with Crippen LogP contribution in [0.5, 0.6) is 0 Å². The summed E-state index contributed by atoms with van der Waals surface area (Å²) in [7, 11) is 0. The molecule has 2 nitrogen and oxygen atoms in total. The van der Waals surface area contributed by atoms with Gasteiger partial charge in [0.15, 0.2) is 0 Å². The number of nitrogens with one attached hydrogen (secondary N) is 1. The summed E-state index contributed by atoms with van der Waals surface area (Å²) in [5.41, 5.74) is 0. The van der Waals surface area contributed by atoms with E-state index in [1.807, 2.05) is 0 Å². The molecule has 1 aliphatic rings. The molecule has 1 aliphatic carbocycles. The first-order valence-electron chi connectivity index (χ1n) is 4.64. The van der Waals surface area contributed by atoms with E-state index in [0.717, 1.165) is 12.3 Å². The minimum atomic E-state index is 0.271. The lowest BCUT2D eigenvalue weighted by Crippen LogP contribution is -2.39. The standard InChI is InChI=1S/C9H19NO/c1-3-9(6-11)10-7(2)8-4-5-8/h7-11H,3-6H2,1-2H3/t7?,9-/m0/s1. The van der Waals surface area contributed by atoms with Gasteiger partial charge in [0.25, 0.3) is 0 Å². The highest BCUT2D eigenvalue weighted by molar-refractivity contribution is 4.85. The van der Waals surface area contributed by atoms with Crippen molar-refractivity contribution >= 4 is 0 Å². The Bertz CT molecular complexity index is 108. The summed E-state index contributed by atoms with van der Waals surface area (Å²) in [5.74, 6) is 0.885. The Morgan fingerprint density at radius 1 is 1.55 bits per heavy atom. The lowest BCUT2D eigenvalue weighted by atomic mass is 10.1. The maximum Gasteiger partial charge on any atom is 0.0584 e. The highest BCUT2D eigenvalue weighted by atomic mass is 16.3. The Hall–Kier alpha value is -0.0800. The van der Waals surface area contributed by atoms with Crippen molar-refractivity contribution in [3.63, 3.8) is 0 Å². The first-order chi connectivity index (χ1) is 5.27. The molecule has 0 spiro atoms. The van der Waals surface area contributed by atoms with Crippen LogP contribution in [-0.2, 0) is 0 Å². The van der Waals surface area contributed by atoms with Gasteiger partial charge in [-0.2, -0.15) is 0 Å². The number of aliphatic hydroxyl groups excluding tert-OH is 1. The average Bonchev–Trinajstić information content (AvgIpc) is 2.81. The van der Waals surface area contributed by atoms with E-state index in [1.54, 1.807) is 0 Å². The number of hydrogen-bond acceptors (Lipinski definition) is 2.